The fraction of sp³-hybridized carbons (Fsp3) is 0.154. The Morgan fingerprint density at radius 1 is 1.16 bits per heavy atom. The summed E-state index contributed by atoms with van der Waals surface area (Å²) in [7, 11) is 0. The molecule has 0 saturated carbocycles. The molecule has 0 bridgehead atoms. The summed E-state index contributed by atoms with van der Waals surface area (Å²) in [4.78, 5) is 8.17. The SMILES string of the molecule is C[C@@H](Oc1ccc(Cl)cc1)c1ccnc2ncnn12. The lowest BCUT2D eigenvalue weighted by Gasteiger charge is -2.15. The first-order valence-corrected chi connectivity index (χ1v) is 6.19. The van der Waals surface area contributed by atoms with Crippen LogP contribution >= 0.6 is 11.6 Å². The van der Waals surface area contributed by atoms with E-state index in [1.165, 1.54) is 6.33 Å². The van der Waals surface area contributed by atoms with E-state index in [0.717, 1.165) is 11.4 Å². The number of hydrogen-bond acceptors (Lipinski definition) is 4. The maximum absolute atomic E-state index is 5.86. The van der Waals surface area contributed by atoms with Crippen molar-refractivity contribution in [3.8, 4) is 5.75 Å². The number of benzene rings is 1. The minimum Gasteiger partial charge on any atom is -0.484 e. The maximum atomic E-state index is 5.86. The lowest BCUT2D eigenvalue weighted by atomic mass is 10.2. The highest BCUT2D eigenvalue weighted by Gasteiger charge is 2.12. The van der Waals surface area contributed by atoms with Crippen molar-refractivity contribution in [1.29, 1.82) is 0 Å². The van der Waals surface area contributed by atoms with E-state index in [1.807, 2.05) is 25.1 Å². The van der Waals surface area contributed by atoms with E-state index in [0.29, 0.717) is 10.8 Å². The topological polar surface area (TPSA) is 52.3 Å². The van der Waals surface area contributed by atoms with Gasteiger partial charge >= 0.3 is 0 Å². The van der Waals surface area contributed by atoms with E-state index in [1.54, 1.807) is 22.8 Å². The summed E-state index contributed by atoms with van der Waals surface area (Å²) in [5, 5.41) is 4.82. The molecule has 0 spiro atoms. The number of rotatable bonds is 3. The Morgan fingerprint density at radius 2 is 1.95 bits per heavy atom. The van der Waals surface area contributed by atoms with Crippen molar-refractivity contribution in [1.82, 2.24) is 19.6 Å². The molecule has 0 aliphatic rings. The van der Waals surface area contributed by atoms with Crippen LogP contribution in [0.25, 0.3) is 5.78 Å². The van der Waals surface area contributed by atoms with Gasteiger partial charge in [0, 0.05) is 11.2 Å². The monoisotopic (exact) mass is 274 g/mol. The minimum absolute atomic E-state index is 0.173. The second kappa shape index (κ2) is 4.85. The van der Waals surface area contributed by atoms with Gasteiger partial charge in [-0.3, -0.25) is 0 Å². The average molecular weight is 275 g/mol. The third kappa shape index (κ3) is 2.37. The lowest BCUT2D eigenvalue weighted by molar-refractivity contribution is 0.218. The molecule has 0 aliphatic heterocycles. The van der Waals surface area contributed by atoms with Crippen LogP contribution in [-0.4, -0.2) is 19.6 Å². The Morgan fingerprint density at radius 3 is 2.74 bits per heavy atom. The van der Waals surface area contributed by atoms with Gasteiger partial charge in [0.15, 0.2) is 0 Å². The van der Waals surface area contributed by atoms with Gasteiger partial charge in [0.25, 0.3) is 5.78 Å². The second-order valence-corrected chi connectivity index (χ2v) is 4.49. The molecule has 96 valence electrons. The van der Waals surface area contributed by atoms with E-state index in [-0.39, 0.29) is 6.10 Å². The van der Waals surface area contributed by atoms with Crippen molar-refractivity contribution in [3.05, 3.63) is 53.6 Å². The molecule has 0 aliphatic carbocycles. The number of nitrogens with zero attached hydrogens (tertiary/aromatic N) is 4. The van der Waals surface area contributed by atoms with Crippen molar-refractivity contribution in [3.63, 3.8) is 0 Å². The van der Waals surface area contributed by atoms with Gasteiger partial charge in [0.05, 0.1) is 5.69 Å². The third-order valence-electron chi connectivity index (χ3n) is 2.75. The van der Waals surface area contributed by atoms with Crippen LogP contribution in [0.5, 0.6) is 5.75 Å². The molecule has 6 heteroatoms. The molecule has 3 aromatic rings. The summed E-state index contributed by atoms with van der Waals surface area (Å²) in [5.74, 6) is 1.31. The van der Waals surface area contributed by atoms with Gasteiger partial charge in [-0.15, -0.1) is 0 Å². The van der Waals surface area contributed by atoms with E-state index in [9.17, 15) is 0 Å². The Labute approximate surface area is 114 Å². The second-order valence-electron chi connectivity index (χ2n) is 4.06. The Bertz CT molecular complexity index is 695. The summed E-state index contributed by atoms with van der Waals surface area (Å²) >= 11 is 5.84. The molecular weight excluding hydrogens is 264 g/mol. The first-order valence-electron chi connectivity index (χ1n) is 5.81. The van der Waals surface area contributed by atoms with E-state index < -0.39 is 0 Å². The highest BCUT2D eigenvalue weighted by Crippen LogP contribution is 2.22. The summed E-state index contributed by atoms with van der Waals surface area (Å²) in [6.07, 6.45) is 3.00. The number of halogens is 1. The molecular formula is C13H11ClN4O. The third-order valence-corrected chi connectivity index (χ3v) is 3.00. The van der Waals surface area contributed by atoms with Crippen LogP contribution in [0.2, 0.25) is 5.02 Å². The molecule has 2 heterocycles. The number of aromatic nitrogens is 4. The van der Waals surface area contributed by atoms with Crippen molar-refractivity contribution in [2.75, 3.05) is 0 Å². The largest absolute Gasteiger partial charge is 0.484 e. The van der Waals surface area contributed by atoms with Crippen LogP contribution in [0, 0.1) is 0 Å². The molecule has 19 heavy (non-hydrogen) atoms. The summed E-state index contributed by atoms with van der Waals surface area (Å²) in [6.45, 7) is 1.95. The first kappa shape index (κ1) is 11.9. The zero-order valence-electron chi connectivity index (χ0n) is 10.2. The van der Waals surface area contributed by atoms with E-state index in [2.05, 4.69) is 15.1 Å². The molecule has 0 unspecified atom stereocenters. The molecule has 0 fully saturated rings. The van der Waals surface area contributed by atoms with Gasteiger partial charge in [-0.25, -0.2) is 4.98 Å². The Hall–Kier alpha value is -2.14. The fourth-order valence-corrected chi connectivity index (χ4v) is 1.97. The van der Waals surface area contributed by atoms with Gasteiger partial charge in [-0.05, 0) is 37.3 Å². The molecule has 2 aromatic heterocycles. The van der Waals surface area contributed by atoms with Crippen LogP contribution in [0.1, 0.15) is 18.7 Å². The molecule has 5 nitrogen and oxygen atoms in total. The Kier molecular flexibility index (Phi) is 3.05. The maximum Gasteiger partial charge on any atom is 0.252 e. The normalized spacial score (nSPS) is 12.5. The zero-order valence-corrected chi connectivity index (χ0v) is 10.9. The van der Waals surface area contributed by atoms with Crippen LogP contribution in [0.3, 0.4) is 0 Å². The molecule has 0 N–H and O–H groups in total. The number of fused-ring (bicyclic) bond motifs is 1. The lowest BCUT2D eigenvalue weighted by Crippen LogP contribution is -2.09. The van der Waals surface area contributed by atoms with E-state index in [4.69, 9.17) is 16.3 Å². The highest BCUT2D eigenvalue weighted by atomic mass is 35.5. The van der Waals surface area contributed by atoms with Crippen LogP contribution in [0.4, 0.5) is 0 Å². The van der Waals surface area contributed by atoms with Crippen LogP contribution < -0.4 is 4.74 Å². The van der Waals surface area contributed by atoms with Gasteiger partial charge in [0.1, 0.15) is 18.2 Å². The molecule has 1 aromatic carbocycles. The smallest absolute Gasteiger partial charge is 0.252 e. The highest BCUT2D eigenvalue weighted by molar-refractivity contribution is 6.30. The molecule has 3 rings (SSSR count). The summed E-state index contributed by atoms with van der Waals surface area (Å²) in [6, 6.07) is 9.11. The van der Waals surface area contributed by atoms with Crippen molar-refractivity contribution in [2.24, 2.45) is 0 Å². The van der Waals surface area contributed by atoms with Gasteiger partial charge < -0.3 is 4.74 Å². The predicted octanol–water partition coefficient (Wildman–Crippen LogP) is 2.92. The van der Waals surface area contributed by atoms with Gasteiger partial charge in [-0.1, -0.05) is 11.6 Å². The molecule has 0 saturated heterocycles. The van der Waals surface area contributed by atoms with Gasteiger partial charge in [-0.2, -0.15) is 14.6 Å². The quantitative estimate of drug-likeness (QED) is 0.737. The number of ether oxygens (including phenoxy) is 1. The first-order chi connectivity index (χ1) is 9.24. The van der Waals surface area contributed by atoms with E-state index >= 15 is 0 Å². The number of hydrogen-bond donors (Lipinski definition) is 0. The summed E-state index contributed by atoms with van der Waals surface area (Å²) in [5.41, 5.74) is 0.887. The van der Waals surface area contributed by atoms with Crippen molar-refractivity contribution in [2.45, 2.75) is 13.0 Å². The van der Waals surface area contributed by atoms with Crippen molar-refractivity contribution >= 4 is 17.4 Å². The standard InChI is InChI=1S/C13H11ClN4O/c1-9(19-11-4-2-10(14)3-5-11)12-6-7-15-13-16-8-17-18(12)13/h2-9H,1H3/t9-/m1/s1. The molecule has 0 amide bonds. The molecule has 0 radical (unpaired) electrons. The van der Waals surface area contributed by atoms with Gasteiger partial charge in [0.2, 0.25) is 0 Å². The van der Waals surface area contributed by atoms with Crippen LogP contribution in [0.15, 0.2) is 42.9 Å². The van der Waals surface area contributed by atoms with Crippen molar-refractivity contribution < 1.29 is 4.74 Å². The fourth-order valence-electron chi connectivity index (χ4n) is 1.84. The average Bonchev–Trinajstić information content (AvgIpc) is 2.89. The Balaban J connectivity index is 1.89. The zero-order chi connectivity index (χ0) is 13.2. The molecule has 1 atom stereocenters. The van der Waals surface area contributed by atoms with Crippen LogP contribution in [-0.2, 0) is 0 Å². The minimum atomic E-state index is -0.173. The predicted molar refractivity (Wildman–Crippen MR) is 71.3 cm³/mol. The summed E-state index contributed by atoms with van der Waals surface area (Å²) < 4.78 is 7.53.